The summed E-state index contributed by atoms with van der Waals surface area (Å²) >= 11 is 10.6. The van der Waals surface area contributed by atoms with E-state index in [2.05, 4.69) is 16.2 Å². The molecule has 0 aliphatic rings. The molecule has 0 aliphatic carbocycles. The lowest BCUT2D eigenvalue weighted by atomic mass is 10.2. The number of hydrogen-bond donors (Lipinski definition) is 4. The zero-order valence-electron chi connectivity index (χ0n) is 14.9. The van der Waals surface area contributed by atoms with Gasteiger partial charge in [-0.3, -0.25) is 15.3 Å². The Morgan fingerprint density at radius 3 is 1.81 bits per heavy atom. The third kappa shape index (κ3) is 6.26. The molecule has 27 heavy (non-hydrogen) atoms. The van der Waals surface area contributed by atoms with E-state index in [0.29, 0.717) is 9.98 Å². The number of nitrogens with one attached hydrogen (secondary N) is 3. The van der Waals surface area contributed by atoms with Crippen LogP contribution in [0.2, 0.25) is 0 Å². The quantitative estimate of drug-likeness (QED) is 0.343. The Kier molecular flexibility index (Phi) is 7.62. The molecule has 1 atom stereocenters. The van der Waals surface area contributed by atoms with Crippen LogP contribution in [0, 0.1) is 0 Å². The van der Waals surface area contributed by atoms with E-state index in [1.165, 1.54) is 10.0 Å². The average molecular weight is 404 g/mol. The maximum absolute atomic E-state index is 12.0. The minimum atomic E-state index is -1.35. The molecule has 2 amide bonds. The molecule has 0 saturated carbocycles. The van der Waals surface area contributed by atoms with Crippen LogP contribution in [-0.2, 0) is 0 Å². The number of hydrogen-bond acceptors (Lipinski definition) is 5. The summed E-state index contributed by atoms with van der Waals surface area (Å²) in [4.78, 5) is 13.0. The van der Waals surface area contributed by atoms with Gasteiger partial charge in [-0.15, -0.1) is 0 Å². The van der Waals surface area contributed by atoms with Crippen molar-refractivity contribution in [2.75, 3.05) is 14.1 Å². The van der Waals surface area contributed by atoms with Crippen molar-refractivity contribution in [1.82, 2.24) is 26.2 Å². The highest BCUT2D eigenvalue weighted by molar-refractivity contribution is 7.80. The lowest BCUT2D eigenvalue weighted by Crippen LogP contribution is -2.57. The Morgan fingerprint density at radius 2 is 1.33 bits per heavy atom. The van der Waals surface area contributed by atoms with Gasteiger partial charge in [-0.2, -0.15) is 5.43 Å². The lowest BCUT2D eigenvalue weighted by Gasteiger charge is -2.26. The molecule has 0 heterocycles. The molecular weight excluding hydrogens is 382 g/mol. The van der Waals surface area contributed by atoms with Crippen molar-refractivity contribution in [3.63, 3.8) is 0 Å². The monoisotopic (exact) mass is 403 g/mol. The zero-order valence-corrected chi connectivity index (χ0v) is 16.6. The van der Waals surface area contributed by atoms with Crippen LogP contribution in [-0.4, -0.2) is 51.6 Å². The van der Waals surface area contributed by atoms with Crippen molar-refractivity contribution in [3.05, 3.63) is 71.8 Å². The first-order chi connectivity index (χ1) is 12.9. The van der Waals surface area contributed by atoms with Crippen molar-refractivity contribution in [1.29, 1.82) is 0 Å². The molecule has 2 rings (SSSR count). The van der Waals surface area contributed by atoms with E-state index < -0.39 is 12.4 Å². The maximum Gasteiger partial charge on any atom is 0.336 e. The predicted molar refractivity (Wildman–Crippen MR) is 113 cm³/mol. The summed E-state index contributed by atoms with van der Waals surface area (Å²) in [5.74, 6) is 0. The van der Waals surface area contributed by atoms with Gasteiger partial charge < -0.3 is 5.11 Å². The van der Waals surface area contributed by atoms with Gasteiger partial charge in [-0.1, -0.05) is 85.1 Å². The van der Waals surface area contributed by atoms with E-state index in [1.54, 1.807) is 14.1 Å². The maximum atomic E-state index is 12.0. The fourth-order valence-electron chi connectivity index (χ4n) is 2.18. The number of aliphatic hydroxyl groups is 1. The van der Waals surface area contributed by atoms with E-state index in [4.69, 9.17) is 24.4 Å². The summed E-state index contributed by atoms with van der Waals surface area (Å²) in [5, 5.41) is 15.2. The van der Waals surface area contributed by atoms with Crippen LogP contribution in [0.15, 0.2) is 60.7 Å². The van der Waals surface area contributed by atoms with Crippen LogP contribution in [0.5, 0.6) is 0 Å². The highest BCUT2D eigenvalue weighted by atomic mass is 32.1. The van der Waals surface area contributed by atoms with Crippen molar-refractivity contribution >= 4 is 40.4 Å². The van der Waals surface area contributed by atoms with Gasteiger partial charge in [0, 0.05) is 25.2 Å². The first kappa shape index (κ1) is 20.7. The summed E-state index contributed by atoms with van der Waals surface area (Å²) in [7, 11) is 3.26. The van der Waals surface area contributed by atoms with E-state index in [1.807, 2.05) is 60.7 Å². The second-order valence-corrected chi connectivity index (χ2v) is 6.35. The number of aliphatic hydroxyl groups excluding tert-OH is 1. The summed E-state index contributed by atoms with van der Waals surface area (Å²) in [5.41, 5.74) is 6.81. The first-order valence-electron chi connectivity index (χ1n) is 8.06. The standard InChI is InChI=1S/C18H21N5O2S2/c1-22(15(26)13-9-5-3-6-10-13)20-17(24)19-18(25)21-23(2)16(27)14-11-7-4-8-12-14/h3-12,17,20,24H,1-2H3,(H2,19,21,25). The largest absolute Gasteiger partial charge is 0.360 e. The molecule has 0 aliphatic heterocycles. The van der Waals surface area contributed by atoms with Crippen LogP contribution in [0.25, 0.3) is 0 Å². The molecule has 7 nitrogen and oxygen atoms in total. The molecule has 0 spiro atoms. The number of hydrazine groups is 2. The van der Waals surface area contributed by atoms with Crippen molar-refractivity contribution in [3.8, 4) is 0 Å². The fourth-order valence-corrected chi connectivity index (χ4v) is 2.55. The van der Waals surface area contributed by atoms with Gasteiger partial charge in [0.15, 0.2) is 0 Å². The molecule has 4 N–H and O–H groups in total. The normalized spacial score (nSPS) is 11.2. The topological polar surface area (TPSA) is 79.9 Å². The van der Waals surface area contributed by atoms with Crippen LogP contribution >= 0.6 is 24.4 Å². The highest BCUT2D eigenvalue weighted by Gasteiger charge is 2.15. The van der Waals surface area contributed by atoms with Crippen molar-refractivity contribution < 1.29 is 9.90 Å². The molecule has 2 aromatic carbocycles. The summed E-state index contributed by atoms with van der Waals surface area (Å²) in [6, 6.07) is 18.0. The molecule has 0 saturated heterocycles. The van der Waals surface area contributed by atoms with Gasteiger partial charge in [-0.25, -0.2) is 10.2 Å². The number of carbonyl (C=O) groups is 1. The molecule has 0 aromatic heterocycles. The Labute approximate surface area is 168 Å². The number of nitrogens with zero attached hydrogens (tertiary/aromatic N) is 2. The zero-order chi connectivity index (χ0) is 19.8. The Hall–Kier alpha value is -2.59. The fraction of sp³-hybridized carbons (Fsp3) is 0.167. The average Bonchev–Trinajstić information content (AvgIpc) is 2.67. The number of thiocarbonyl (C=S) groups is 2. The minimum Gasteiger partial charge on any atom is -0.360 e. The smallest absolute Gasteiger partial charge is 0.336 e. The Morgan fingerprint density at radius 1 is 0.889 bits per heavy atom. The second-order valence-electron chi connectivity index (χ2n) is 5.58. The Bertz CT molecular complexity index is 789. The first-order valence-corrected chi connectivity index (χ1v) is 8.87. The predicted octanol–water partition coefficient (Wildman–Crippen LogP) is 1.60. The lowest BCUT2D eigenvalue weighted by molar-refractivity contribution is 0.0610. The Balaban J connectivity index is 1.82. The number of carbonyl (C=O) groups excluding carboxylic acids is 1. The number of rotatable bonds is 5. The van der Waals surface area contributed by atoms with Gasteiger partial charge in [0.2, 0.25) is 6.35 Å². The van der Waals surface area contributed by atoms with E-state index in [-0.39, 0.29) is 0 Å². The van der Waals surface area contributed by atoms with Crippen LogP contribution in [0.4, 0.5) is 4.79 Å². The summed E-state index contributed by atoms with van der Waals surface area (Å²) < 4.78 is 0. The molecule has 0 fully saturated rings. The van der Waals surface area contributed by atoms with E-state index in [0.717, 1.165) is 11.1 Å². The van der Waals surface area contributed by atoms with Crippen LogP contribution < -0.4 is 16.2 Å². The van der Waals surface area contributed by atoms with Gasteiger partial charge >= 0.3 is 6.03 Å². The molecule has 0 radical (unpaired) electrons. The van der Waals surface area contributed by atoms with Gasteiger partial charge in [0.1, 0.15) is 9.98 Å². The molecule has 2 aromatic rings. The SMILES string of the molecule is CN(NC(=O)NC(O)NN(C)C(=S)c1ccccc1)C(=S)c1ccccc1. The van der Waals surface area contributed by atoms with Gasteiger partial charge in [-0.05, 0) is 0 Å². The van der Waals surface area contributed by atoms with E-state index in [9.17, 15) is 9.90 Å². The van der Waals surface area contributed by atoms with Crippen molar-refractivity contribution in [2.24, 2.45) is 0 Å². The number of benzene rings is 2. The number of amides is 2. The molecule has 1 unspecified atom stereocenters. The summed E-state index contributed by atoms with van der Waals surface area (Å²) in [6.07, 6.45) is -1.35. The second kappa shape index (κ2) is 9.93. The third-order valence-electron chi connectivity index (χ3n) is 3.50. The van der Waals surface area contributed by atoms with Crippen LogP contribution in [0.3, 0.4) is 0 Å². The van der Waals surface area contributed by atoms with Crippen LogP contribution in [0.1, 0.15) is 11.1 Å². The number of urea groups is 1. The summed E-state index contributed by atoms with van der Waals surface area (Å²) in [6.45, 7) is 0. The molecule has 142 valence electrons. The molecule has 9 heteroatoms. The van der Waals surface area contributed by atoms with E-state index >= 15 is 0 Å². The molecule has 0 bridgehead atoms. The van der Waals surface area contributed by atoms with Crippen molar-refractivity contribution in [2.45, 2.75) is 6.35 Å². The molecular formula is C18H21N5O2S2. The minimum absolute atomic E-state index is 0.440. The van der Waals surface area contributed by atoms with Gasteiger partial charge in [0.25, 0.3) is 0 Å². The van der Waals surface area contributed by atoms with Gasteiger partial charge in [0.05, 0.1) is 0 Å². The third-order valence-corrected chi connectivity index (χ3v) is 4.52. The highest BCUT2D eigenvalue weighted by Crippen LogP contribution is 2.04.